The molecule has 1 radical (unpaired) electrons. The lowest BCUT2D eigenvalue weighted by atomic mass is 10.3. The van der Waals surface area contributed by atoms with Crippen molar-refractivity contribution in [2.24, 2.45) is 0 Å². The molecule has 3 heteroatoms. The van der Waals surface area contributed by atoms with E-state index in [1.165, 1.54) is 0 Å². The van der Waals surface area contributed by atoms with Gasteiger partial charge in [0.1, 0.15) is 6.23 Å². The summed E-state index contributed by atoms with van der Waals surface area (Å²) in [5.41, 5.74) is 0. The number of hydrogen-bond donors (Lipinski definition) is 2. The lowest BCUT2D eigenvalue weighted by molar-refractivity contribution is 0.0471. The van der Waals surface area contributed by atoms with Crippen molar-refractivity contribution in [1.29, 1.82) is 0 Å². The third kappa shape index (κ3) is 1.64. The Labute approximate surface area is 54.9 Å². The van der Waals surface area contributed by atoms with Crippen LogP contribution in [0, 0.1) is 6.92 Å². The van der Waals surface area contributed by atoms with Crippen molar-refractivity contribution in [1.82, 2.24) is 4.90 Å². The summed E-state index contributed by atoms with van der Waals surface area (Å²) in [7, 11) is 0. The molecular formula is C6H12NO2. The van der Waals surface area contributed by atoms with Gasteiger partial charge in [-0.05, 0) is 13.3 Å². The lowest BCUT2D eigenvalue weighted by Gasteiger charge is -2.17. The van der Waals surface area contributed by atoms with Gasteiger partial charge in [-0.2, -0.15) is 0 Å². The summed E-state index contributed by atoms with van der Waals surface area (Å²) < 4.78 is 0. The van der Waals surface area contributed by atoms with E-state index in [0.29, 0.717) is 6.54 Å². The molecule has 3 nitrogen and oxygen atoms in total. The fraction of sp³-hybridized carbons (Fsp3) is 0.833. The Morgan fingerprint density at radius 2 is 2.33 bits per heavy atom. The number of likely N-dealkylation sites (tertiary alicyclic amines) is 1. The second-order valence-corrected chi connectivity index (χ2v) is 2.42. The molecule has 2 atom stereocenters. The maximum absolute atomic E-state index is 8.97. The summed E-state index contributed by atoms with van der Waals surface area (Å²) in [4.78, 5) is 1.74. The van der Waals surface area contributed by atoms with E-state index in [1.54, 1.807) is 4.90 Å². The molecule has 0 amide bonds. The monoisotopic (exact) mass is 130 g/mol. The van der Waals surface area contributed by atoms with Crippen molar-refractivity contribution in [3.63, 3.8) is 0 Å². The maximum Gasteiger partial charge on any atom is 0.107 e. The Hall–Kier alpha value is -0.120. The highest BCUT2D eigenvalue weighted by Gasteiger charge is 2.22. The topological polar surface area (TPSA) is 43.7 Å². The van der Waals surface area contributed by atoms with Crippen LogP contribution < -0.4 is 0 Å². The molecule has 0 aliphatic carbocycles. The molecule has 2 N–H and O–H groups in total. The lowest BCUT2D eigenvalue weighted by Crippen LogP contribution is -2.31. The van der Waals surface area contributed by atoms with Crippen LogP contribution in [0.4, 0.5) is 0 Å². The molecule has 2 unspecified atom stereocenters. The van der Waals surface area contributed by atoms with Crippen LogP contribution in [0.5, 0.6) is 0 Å². The summed E-state index contributed by atoms with van der Waals surface area (Å²) in [6, 6.07) is 0. The Balaban J connectivity index is 2.30. The minimum atomic E-state index is -0.651. The zero-order chi connectivity index (χ0) is 6.85. The molecule has 1 saturated heterocycles. The minimum absolute atomic E-state index is 0.263. The van der Waals surface area contributed by atoms with Gasteiger partial charge in [-0.25, -0.2) is 0 Å². The Morgan fingerprint density at radius 1 is 1.67 bits per heavy atom. The van der Waals surface area contributed by atoms with Crippen molar-refractivity contribution in [3.8, 4) is 0 Å². The summed E-state index contributed by atoms with van der Waals surface area (Å²) in [6.45, 7) is 4.74. The first kappa shape index (κ1) is 6.99. The van der Waals surface area contributed by atoms with E-state index < -0.39 is 6.23 Å². The molecule has 0 spiro atoms. The summed E-state index contributed by atoms with van der Waals surface area (Å²) in [6.07, 6.45) is -0.157. The number of aliphatic hydroxyl groups excluding tert-OH is 2. The summed E-state index contributed by atoms with van der Waals surface area (Å²) >= 11 is 0. The molecule has 1 aliphatic rings. The van der Waals surface area contributed by atoms with Gasteiger partial charge < -0.3 is 10.2 Å². The van der Waals surface area contributed by atoms with Crippen LogP contribution in [0.25, 0.3) is 0 Å². The first-order valence-electron chi connectivity index (χ1n) is 3.13. The Morgan fingerprint density at radius 3 is 2.56 bits per heavy atom. The molecule has 0 aromatic carbocycles. The zero-order valence-electron chi connectivity index (χ0n) is 5.32. The normalized spacial score (nSPS) is 33.0. The summed E-state index contributed by atoms with van der Waals surface area (Å²) in [5, 5.41) is 17.8. The molecule has 0 aromatic rings. The highest BCUT2D eigenvalue weighted by atomic mass is 16.3. The van der Waals surface area contributed by atoms with Gasteiger partial charge in [0.15, 0.2) is 0 Å². The molecule has 0 saturated carbocycles. The molecule has 1 rings (SSSR count). The SMILES string of the molecule is [CH2]C(O)N1CCC(O)C1. The second-order valence-electron chi connectivity index (χ2n) is 2.42. The fourth-order valence-electron chi connectivity index (χ4n) is 1.04. The Kier molecular flexibility index (Phi) is 2.05. The van der Waals surface area contributed by atoms with E-state index in [0.717, 1.165) is 13.0 Å². The number of rotatable bonds is 1. The average molecular weight is 130 g/mol. The van der Waals surface area contributed by atoms with Crippen LogP contribution in [0.3, 0.4) is 0 Å². The second kappa shape index (κ2) is 2.64. The van der Waals surface area contributed by atoms with Gasteiger partial charge in [-0.3, -0.25) is 4.90 Å². The van der Waals surface area contributed by atoms with Gasteiger partial charge in [0.05, 0.1) is 6.10 Å². The van der Waals surface area contributed by atoms with Crippen LogP contribution in [-0.4, -0.2) is 40.5 Å². The number of aliphatic hydroxyl groups is 2. The van der Waals surface area contributed by atoms with E-state index in [4.69, 9.17) is 10.2 Å². The van der Waals surface area contributed by atoms with Crippen LogP contribution >= 0.6 is 0 Å². The maximum atomic E-state index is 8.97. The summed E-state index contributed by atoms with van der Waals surface area (Å²) in [5.74, 6) is 0. The Bertz CT molecular complexity index is 95.1. The van der Waals surface area contributed by atoms with Crippen molar-refractivity contribution in [2.45, 2.75) is 18.8 Å². The third-order valence-corrected chi connectivity index (χ3v) is 1.62. The molecule has 1 aliphatic heterocycles. The molecule has 0 aromatic heterocycles. The molecule has 0 bridgehead atoms. The number of β-amino-alcohol motifs (C(OH)–C–C–N with tert-alkyl or cyclic N) is 1. The van der Waals surface area contributed by atoms with Gasteiger partial charge in [0, 0.05) is 13.1 Å². The van der Waals surface area contributed by atoms with Crippen molar-refractivity contribution in [2.75, 3.05) is 13.1 Å². The first-order chi connectivity index (χ1) is 4.20. The predicted octanol–water partition coefficient (Wildman–Crippen LogP) is -0.795. The molecule has 53 valence electrons. The minimum Gasteiger partial charge on any atom is -0.392 e. The van der Waals surface area contributed by atoms with Crippen molar-refractivity contribution in [3.05, 3.63) is 6.92 Å². The van der Waals surface area contributed by atoms with Gasteiger partial charge in [-0.1, -0.05) is 0 Å². The molecule has 9 heavy (non-hydrogen) atoms. The van der Waals surface area contributed by atoms with Gasteiger partial charge in [-0.15, -0.1) is 0 Å². The van der Waals surface area contributed by atoms with Gasteiger partial charge in [0.25, 0.3) is 0 Å². The number of hydrogen-bond acceptors (Lipinski definition) is 3. The largest absolute Gasteiger partial charge is 0.392 e. The van der Waals surface area contributed by atoms with Crippen LogP contribution in [0.15, 0.2) is 0 Å². The molecular weight excluding hydrogens is 118 g/mol. The fourth-order valence-corrected chi connectivity index (χ4v) is 1.04. The predicted molar refractivity (Wildman–Crippen MR) is 33.6 cm³/mol. The van der Waals surface area contributed by atoms with E-state index in [-0.39, 0.29) is 6.10 Å². The smallest absolute Gasteiger partial charge is 0.107 e. The van der Waals surface area contributed by atoms with Gasteiger partial charge >= 0.3 is 0 Å². The third-order valence-electron chi connectivity index (χ3n) is 1.62. The van der Waals surface area contributed by atoms with E-state index >= 15 is 0 Å². The molecule has 1 heterocycles. The average Bonchev–Trinajstić information content (AvgIpc) is 2.14. The molecule has 1 fully saturated rings. The standard InChI is InChI=1S/C6H12NO2/c1-5(8)7-3-2-6(9)4-7/h5-6,8-9H,1-4H2. The highest BCUT2D eigenvalue weighted by Crippen LogP contribution is 2.09. The first-order valence-corrected chi connectivity index (χ1v) is 3.13. The van der Waals surface area contributed by atoms with Gasteiger partial charge in [0.2, 0.25) is 0 Å². The van der Waals surface area contributed by atoms with Crippen molar-refractivity contribution >= 4 is 0 Å². The van der Waals surface area contributed by atoms with Crippen molar-refractivity contribution < 1.29 is 10.2 Å². The van der Waals surface area contributed by atoms with Crippen LogP contribution in [0.2, 0.25) is 0 Å². The quantitative estimate of drug-likeness (QED) is 0.488. The van der Waals surface area contributed by atoms with Crippen LogP contribution in [0.1, 0.15) is 6.42 Å². The number of nitrogens with zero attached hydrogens (tertiary/aromatic N) is 1. The van der Waals surface area contributed by atoms with E-state index in [2.05, 4.69) is 6.92 Å². The highest BCUT2D eigenvalue weighted by molar-refractivity contribution is 4.76. The zero-order valence-corrected chi connectivity index (χ0v) is 5.32. The van der Waals surface area contributed by atoms with E-state index in [1.807, 2.05) is 0 Å². The van der Waals surface area contributed by atoms with Crippen LogP contribution in [-0.2, 0) is 0 Å². The van der Waals surface area contributed by atoms with E-state index in [9.17, 15) is 0 Å².